The van der Waals surface area contributed by atoms with Crippen molar-refractivity contribution in [3.63, 3.8) is 0 Å². The zero-order chi connectivity index (χ0) is 11.0. The molecule has 0 heterocycles. The summed E-state index contributed by atoms with van der Waals surface area (Å²) in [6.07, 6.45) is 3.40. The van der Waals surface area contributed by atoms with Gasteiger partial charge in [0.1, 0.15) is 0 Å². The number of carbonyl (C=O) groups is 1. The molecular formula is C11H23NO2. The fourth-order valence-electron chi connectivity index (χ4n) is 1.23. The van der Waals surface area contributed by atoms with Crippen molar-refractivity contribution in [1.82, 2.24) is 0 Å². The van der Waals surface area contributed by atoms with E-state index in [0.29, 0.717) is 18.9 Å². The Morgan fingerprint density at radius 1 is 1.43 bits per heavy atom. The Hall–Kier alpha value is -0.570. The lowest BCUT2D eigenvalue weighted by molar-refractivity contribution is -0.145. The lowest BCUT2D eigenvalue weighted by Gasteiger charge is -2.12. The van der Waals surface area contributed by atoms with Crippen LogP contribution in [0.4, 0.5) is 0 Å². The number of hydrogen-bond acceptors (Lipinski definition) is 3. The number of nitrogens with two attached hydrogens (primary N) is 1. The molecule has 0 aliphatic heterocycles. The van der Waals surface area contributed by atoms with Crippen LogP contribution in [0.5, 0.6) is 0 Å². The van der Waals surface area contributed by atoms with Gasteiger partial charge in [-0.1, -0.05) is 27.2 Å². The molecule has 0 aromatic heterocycles. The molecule has 2 N–H and O–H groups in total. The topological polar surface area (TPSA) is 52.3 Å². The Balaban J connectivity index is 3.53. The van der Waals surface area contributed by atoms with E-state index in [9.17, 15) is 4.79 Å². The van der Waals surface area contributed by atoms with Crippen molar-refractivity contribution >= 4 is 5.97 Å². The Morgan fingerprint density at radius 2 is 2.07 bits per heavy atom. The maximum Gasteiger partial charge on any atom is 0.307 e. The third-order valence-electron chi connectivity index (χ3n) is 2.26. The molecule has 84 valence electrons. The quantitative estimate of drug-likeness (QED) is 0.642. The standard InChI is InChI=1S/C11H23NO2/c1-4-6-9(3)8-14-11(13)7-10(12)5-2/h9-10H,4-8,12H2,1-3H3. The zero-order valence-corrected chi connectivity index (χ0v) is 9.58. The number of rotatable bonds is 7. The van der Waals surface area contributed by atoms with Crippen LogP contribution in [0, 0.1) is 5.92 Å². The molecule has 0 aliphatic carbocycles. The molecule has 0 amide bonds. The van der Waals surface area contributed by atoms with Crippen LogP contribution >= 0.6 is 0 Å². The van der Waals surface area contributed by atoms with E-state index < -0.39 is 0 Å². The van der Waals surface area contributed by atoms with Crippen molar-refractivity contribution in [1.29, 1.82) is 0 Å². The van der Waals surface area contributed by atoms with Gasteiger partial charge in [-0.05, 0) is 18.8 Å². The second-order valence-corrected chi connectivity index (χ2v) is 3.95. The van der Waals surface area contributed by atoms with Crippen LogP contribution in [-0.4, -0.2) is 18.6 Å². The van der Waals surface area contributed by atoms with Crippen LogP contribution in [0.25, 0.3) is 0 Å². The van der Waals surface area contributed by atoms with E-state index in [2.05, 4.69) is 13.8 Å². The van der Waals surface area contributed by atoms with Crippen molar-refractivity contribution in [2.75, 3.05) is 6.61 Å². The first-order chi connectivity index (χ1) is 6.60. The first-order valence-corrected chi connectivity index (χ1v) is 5.51. The summed E-state index contributed by atoms with van der Waals surface area (Å²) in [6, 6.07) is -0.0519. The van der Waals surface area contributed by atoms with Gasteiger partial charge in [-0.3, -0.25) is 4.79 Å². The predicted molar refractivity (Wildman–Crippen MR) is 57.9 cm³/mol. The van der Waals surface area contributed by atoms with E-state index in [4.69, 9.17) is 10.5 Å². The van der Waals surface area contributed by atoms with Gasteiger partial charge in [-0.2, -0.15) is 0 Å². The molecule has 0 aromatic rings. The number of hydrogen-bond donors (Lipinski definition) is 1. The highest BCUT2D eigenvalue weighted by molar-refractivity contribution is 5.70. The van der Waals surface area contributed by atoms with E-state index >= 15 is 0 Å². The lowest BCUT2D eigenvalue weighted by atomic mass is 10.1. The minimum atomic E-state index is -0.165. The highest BCUT2D eigenvalue weighted by atomic mass is 16.5. The Bertz CT molecular complexity index is 159. The van der Waals surface area contributed by atoms with Crippen LogP contribution in [-0.2, 0) is 9.53 Å². The molecule has 2 atom stereocenters. The normalized spacial score (nSPS) is 14.9. The fraction of sp³-hybridized carbons (Fsp3) is 0.909. The summed E-state index contributed by atoms with van der Waals surface area (Å²) in [5, 5.41) is 0. The predicted octanol–water partition coefficient (Wildman–Crippen LogP) is 2.09. The number of esters is 1. The van der Waals surface area contributed by atoms with Gasteiger partial charge >= 0.3 is 5.97 Å². The highest BCUT2D eigenvalue weighted by Crippen LogP contribution is 2.06. The van der Waals surface area contributed by atoms with Gasteiger partial charge in [0.15, 0.2) is 0 Å². The number of ether oxygens (including phenoxy) is 1. The Morgan fingerprint density at radius 3 is 2.57 bits per heavy atom. The fourth-order valence-corrected chi connectivity index (χ4v) is 1.23. The van der Waals surface area contributed by atoms with Gasteiger partial charge < -0.3 is 10.5 Å². The smallest absolute Gasteiger partial charge is 0.307 e. The lowest BCUT2D eigenvalue weighted by Crippen LogP contribution is -2.24. The largest absolute Gasteiger partial charge is 0.465 e. The van der Waals surface area contributed by atoms with E-state index in [1.165, 1.54) is 0 Å². The number of carbonyl (C=O) groups excluding carboxylic acids is 1. The summed E-state index contributed by atoms with van der Waals surface area (Å²) in [5.74, 6) is 0.295. The molecule has 0 spiro atoms. The van der Waals surface area contributed by atoms with Crippen molar-refractivity contribution in [3.05, 3.63) is 0 Å². The molecule has 0 saturated carbocycles. The van der Waals surface area contributed by atoms with Crippen LogP contribution in [0.1, 0.15) is 46.5 Å². The van der Waals surface area contributed by atoms with E-state index in [1.807, 2.05) is 6.92 Å². The average Bonchev–Trinajstić information content (AvgIpc) is 2.15. The highest BCUT2D eigenvalue weighted by Gasteiger charge is 2.10. The molecule has 2 unspecified atom stereocenters. The molecular weight excluding hydrogens is 178 g/mol. The van der Waals surface area contributed by atoms with Gasteiger partial charge in [-0.15, -0.1) is 0 Å². The third-order valence-corrected chi connectivity index (χ3v) is 2.26. The maximum absolute atomic E-state index is 11.2. The first-order valence-electron chi connectivity index (χ1n) is 5.51. The van der Waals surface area contributed by atoms with Gasteiger partial charge in [0.2, 0.25) is 0 Å². The zero-order valence-electron chi connectivity index (χ0n) is 9.58. The minimum absolute atomic E-state index is 0.0519. The van der Waals surface area contributed by atoms with Crippen LogP contribution in [0.15, 0.2) is 0 Å². The molecule has 0 saturated heterocycles. The molecule has 3 heteroatoms. The van der Waals surface area contributed by atoms with Crippen LogP contribution in [0.2, 0.25) is 0 Å². The third kappa shape index (κ3) is 6.89. The van der Waals surface area contributed by atoms with Crippen molar-refractivity contribution in [2.24, 2.45) is 11.7 Å². The van der Waals surface area contributed by atoms with Crippen LogP contribution in [0.3, 0.4) is 0 Å². The Labute approximate surface area is 87.0 Å². The van der Waals surface area contributed by atoms with Crippen molar-refractivity contribution in [3.8, 4) is 0 Å². The minimum Gasteiger partial charge on any atom is -0.465 e. The summed E-state index contributed by atoms with van der Waals surface area (Å²) in [6.45, 7) is 6.72. The summed E-state index contributed by atoms with van der Waals surface area (Å²) in [7, 11) is 0. The second kappa shape index (κ2) is 7.80. The van der Waals surface area contributed by atoms with Gasteiger partial charge in [-0.25, -0.2) is 0 Å². The van der Waals surface area contributed by atoms with Gasteiger partial charge in [0, 0.05) is 6.04 Å². The molecule has 0 aromatic carbocycles. The second-order valence-electron chi connectivity index (χ2n) is 3.95. The SMILES string of the molecule is CCCC(C)COC(=O)CC(N)CC. The van der Waals surface area contributed by atoms with Crippen molar-refractivity contribution in [2.45, 2.75) is 52.5 Å². The molecule has 3 nitrogen and oxygen atoms in total. The molecule has 0 bridgehead atoms. The molecule has 0 radical (unpaired) electrons. The monoisotopic (exact) mass is 201 g/mol. The maximum atomic E-state index is 11.2. The first kappa shape index (κ1) is 13.4. The van der Waals surface area contributed by atoms with Gasteiger partial charge in [0.05, 0.1) is 13.0 Å². The average molecular weight is 201 g/mol. The summed E-state index contributed by atoms with van der Waals surface area (Å²) < 4.78 is 5.11. The van der Waals surface area contributed by atoms with Crippen molar-refractivity contribution < 1.29 is 9.53 Å². The van der Waals surface area contributed by atoms with E-state index in [0.717, 1.165) is 19.3 Å². The Kier molecular flexibility index (Phi) is 7.48. The van der Waals surface area contributed by atoms with Crippen LogP contribution < -0.4 is 5.73 Å². The molecule has 0 aliphatic rings. The van der Waals surface area contributed by atoms with E-state index in [-0.39, 0.29) is 12.0 Å². The van der Waals surface area contributed by atoms with E-state index in [1.54, 1.807) is 0 Å². The van der Waals surface area contributed by atoms with Gasteiger partial charge in [0.25, 0.3) is 0 Å². The molecule has 0 rings (SSSR count). The molecule has 14 heavy (non-hydrogen) atoms. The molecule has 0 fully saturated rings. The summed E-state index contributed by atoms with van der Waals surface area (Å²) in [5.41, 5.74) is 5.64. The summed E-state index contributed by atoms with van der Waals surface area (Å²) in [4.78, 5) is 11.2. The summed E-state index contributed by atoms with van der Waals surface area (Å²) >= 11 is 0.